The zero-order chi connectivity index (χ0) is 14.7. The van der Waals surface area contributed by atoms with Crippen LogP contribution in [0.15, 0.2) is 18.3 Å². The third-order valence-corrected chi connectivity index (χ3v) is 2.83. The summed E-state index contributed by atoms with van der Waals surface area (Å²) >= 11 is 0. The summed E-state index contributed by atoms with van der Waals surface area (Å²) in [5.74, 6) is 2.07. The summed E-state index contributed by atoms with van der Waals surface area (Å²) in [6.07, 6.45) is 1.54. The summed E-state index contributed by atoms with van der Waals surface area (Å²) in [6, 6.07) is 3.47. The number of halogens is 1. The number of benzene rings is 1. The van der Waals surface area contributed by atoms with E-state index >= 15 is 0 Å². The molecule has 0 atom stereocenters. The highest BCUT2D eigenvalue weighted by Crippen LogP contribution is 2.41. The number of ether oxygens (including phenoxy) is 3. The molecule has 21 heavy (non-hydrogen) atoms. The third-order valence-electron chi connectivity index (χ3n) is 2.83. The van der Waals surface area contributed by atoms with E-state index in [-0.39, 0.29) is 24.2 Å². The fourth-order valence-electron chi connectivity index (χ4n) is 1.86. The zero-order valence-corrected chi connectivity index (χ0v) is 12.7. The average Bonchev–Trinajstić information content (AvgIpc) is 2.46. The van der Waals surface area contributed by atoms with Crippen molar-refractivity contribution < 1.29 is 14.2 Å². The van der Waals surface area contributed by atoms with Crippen LogP contribution in [-0.4, -0.2) is 31.3 Å². The van der Waals surface area contributed by atoms with Gasteiger partial charge in [0.15, 0.2) is 11.5 Å². The summed E-state index contributed by atoms with van der Waals surface area (Å²) in [5.41, 5.74) is 12.7. The van der Waals surface area contributed by atoms with Gasteiger partial charge in [-0.2, -0.15) is 4.98 Å². The quantitative estimate of drug-likeness (QED) is 0.886. The minimum Gasteiger partial charge on any atom is -0.496 e. The maximum absolute atomic E-state index is 5.88. The Balaban J connectivity index is 0.00000220. The van der Waals surface area contributed by atoms with Gasteiger partial charge in [-0.15, -0.1) is 12.4 Å². The Kier molecular flexibility index (Phi) is 5.43. The molecule has 1 heterocycles. The van der Waals surface area contributed by atoms with Crippen LogP contribution in [0.2, 0.25) is 0 Å². The van der Waals surface area contributed by atoms with E-state index in [9.17, 15) is 0 Å². The zero-order valence-electron chi connectivity index (χ0n) is 11.9. The number of hydrogen-bond acceptors (Lipinski definition) is 7. The Morgan fingerprint density at radius 2 is 1.43 bits per heavy atom. The number of nitrogens with two attached hydrogens (primary N) is 2. The summed E-state index contributed by atoms with van der Waals surface area (Å²) in [7, 11) is 4.66. The molecule has 2 rings (SSSR count). The minimum atomic E-state index is 0. The third kappa shape index (κ3) is 3.19. The van der Waals surface area contributed by atoms with Crippen molar-refractivity contribution >= 4 is 24.2 Å². The molecule has 0 aliphatic heterocycles. The van der Waals surface area contributed by atoms with E-state index in [1.807, 2.05) is 0 Å². The molecule has 0 spiro atoms. The molecule has 0 aliphatic rings. The first-order valence-corrected chi connectivity index (χ1v) is 5.79. The van der Waals surface area contributed by atoms with E-state index in [0.29, 0.717) is 28.4 Å². The van der Waals surface area contributed by atoms with Crippen LogP contribution in [0.1, 0.15) is 0 Å². The molecule has 114 valence electrons. The van der Waals surface area contributed by atoms with Crippen LogP contribution in [0, 0.1) is 0 Å². The van der Waals surface area contributed by atoms with Crippen LogP contribution < -0.4 is 25.7 Å². The Hall–Kier alpha value is -2.41. The van der Waals surface area contributed by atoms with Gasteiger partial charge in [0.2, 0.25) is 5.95 Å². The van der Waals surface area contributed by atoms with Crippen LogP contribution >= 0.6 is 12.4 Å². The van der Waals surface area contributed by atoms with Gasteiger partial charge in [0.1, 0.15) is 11.6 Å². The summed E-state index contributed by atoms with van der Waals surface area (Å²) in [6.45, 7) is 0. The second-order valence-electron chi connectivity index (χ2n) is 3.93. The largest absolute Gasteiger partial charge is 0.496 e. The second kappa shape index (κ2) is 6.85. The first-order valence-electron chi connectivity index (χ1n) is 5.79. The number of methoxy groups -OCH3 is 3. The topological polar surface area (TPSA) is 106 Å². The Morgan fingerprint density at radius 3 is 1.95 bits per heavy atom. The molecular formula is C13H17ClN4O3. The molecule has 0 amide bonds. The maximum Gasteiger partial charge on any atom is 0.221 e. The molecule has 1 aromatic carbocycles. The van der Waals surface area contributed by atoms with Crippen molar-refractivity contribution in [3.63, 3.8) is 0 Å². The number of rotatable bonds is 4. The second-order valence-corrected chi connectivity index (χ2v) is 3.93. The number of aromatic nitrogens is 2. The monoisotopic (exact) mass is 312 g/mol. The fraction of sp³-hybridized carbons (Fsp3) is 0.231. The van der Waals surface area contributed by atoms with Crippen molar-refractivity contribution in [2.75, 3.05) is 32.8 Å². The van der Waals surface area contributed by atoms with Gasteiger partial charge in [-0.05, 0) is 6.07 Å². The standard InChI is InChI=1S/C13H16N4O3.ClH/c1-18-9-5-11(20-3)10(19-2)4-7(9)8-6-16-13(15)17-12(8)14;/h4-6H,1-3H3,(H4,14,15,16,17);1H. The van der Waals surface area contributed by atoms with Gasteiger partial charge in [-0.3, -0.25) is 0 Å². The predicted molar refractivity (Wildman–Crippen MR) is 83.2 cm³/mol. The molecule has 1 aromatic heterocycles. The normalized spacial score (nSPS) is 9.67. The fourth-order valence-corrected chi connectivity index (χ4v) is 1.86. The highest BCUT2D eigenvalue weighted by molar-refractivity contribution is 5.85. The van der Waals surface area contributed by atoms with Gasteiger partial charge in [-0.25, -0.2) is 4.98 Å². The van der Waals surface area contributed by atoms with E-state index in [4.69, 9.17) is 25.7 Å². The van der Waals surface area contributed by atoms with Crippen molar-refractivity contribution in [1.29, 1.82) is 0 Å². The lowest BCUT2D eigenvalue weighted by atomic mass is 10.1. The van der Waals surface area contributed by atoms with Crippen molar-refractivity contribution in [2.45, 2.75) is 0 Å². The summed E-state index contributed by atoms with van der Waals surface area (Å²) in [4.78, 5) is 7.89. The van der Waals surface area contributed by atoms with Gasteiger partial charge in [-0.1, -0.05) is 0 Å². The molecule has 2 aromatic rings. The summed E-state index contributed by atoms with van der Waals surface area (Å²) < 4.78 is 15.9. The van der Waals surface area contributed by atoms with E-state index in [1.165, 1.54) is 0 Å². The van der Waals surface area contributed by atoms with Crippen molar-refractivity contribution in [3.05, 3.63) is 18.3 Å². The molecule has 0 saturated carbocycles. The molecule has 8 heteroatoms. The maximum atomic E-state index is 5.88. The smallest absolute Gasteiger partial charge is 0.221 e. The number of anilines is 2. The first-order chi connectivity index (χ1) is 9.60. The molecule has 0 bridgehead atoms. The molecule has 0 aliphatic carbocycles. The Morgan fingerprint density at radius 1 is 0.857 bits per heavy atom. The van der Waals surface area contributed by atoms with Crippen LogP contribution in [0.25, 0.3) is 11.1 Å². The van der Waals surface area contributed by atoms with Crippen LogP contribution in [-0.2, 0) is 0 Å². The molecule has 4 N–H and O–H groups in total. The molecule has 0 fully saturated rings. The minimum absolute atomic E-state index is 0. The van der Waals surface area contributed by atoms with Gasteiger partial charge in [0, 0.05) is 23.4 Å². The van der Waals surface area contributed by atoms with Crippen LogP contribution in [0.4, 0.5) is 11.8 Å². The van der Waals surface area contributed by atoms with Crippen LogP contribution in [0.3, 0.4) is 0 Å². The molecule has 0 saturated heterocycles. The highest BCUT2D eigenvalue weighted by Gasteiger charge is 2.16. The number of nitrogen functional groups attached to an aromatic ring is 2. The summed E-state index contributed by atoms with van der Waals surface area (Å²) in [5, 5.41) is 0. The predicted octanol–water partition coefficient (Wildman–Crippen LogP) is 1.76. The van der Waals surface area contributed by atoms with Gasteiger partial charge in [0.25, 0.3) is 0 Å². The van der Waals surface area contributed by atoms with Crippen LogP contribution in [0.5, 0.6) is 17.2 Å². The Labute approximate surface area is 128 Å². The van der Waals surface area contributed by atoms with Crippen molar-refractivity contribution in [1.82, 2.24) is 9.97 Å². The van der Waals surface area contributed by atoms with Gasteiger partial charge < -0.3 is 25.7 Å². The van der Waals surface area contributed by atoms with Gasteiger partial charge >= 0.3 is 0 Å². The highest BCUT2D eigenvalue weighted by atomic mass is 35.5. The molecule has 7 nitrogen and oxygen atoms in total. The van der Waals surface area contributed by atoms with E-state index in [2.05, 4.69) is 9.97 Å². The average molecular weight is 313 g/mol. The SMILES string of the molecule is COc1cc(OC)c(-c2cnc(N)nc2N)cc1OC.Cl. The van der Waals surface area contributed by atoms with Crippen molar-refractivity contribution in [3.8, 4) is 28.4 Å². The van der Waals surface area contributed by atoms with E-state index < -0.39 is 0 Å². The molecule has 0 unspecified atom stereocenters. The molecule has 0 radical (unpaired) electrons. The van der Waals surface area contributed by atoms with Crippen molar-refractivity contribution in [2.24, 2.45) is 0 Å². The lowest BCUT2D eigenvalue weighted by Gasteiger charge is -2.14. The lowest BCUT2D eigenvalue weighted by molar-refractivity contribution is 0.349. The Bertz CT molecular complexity index is 637. The lowest BCUT2D eigenvalue weighted by Crippen LogP contribution is -2.02. The number of hydrogen-bond donors (Lipinski definition) is 2. The first kappa shape index (κ1) is 16.6. The van der Waals surface area contributed by atoms with E-state index in [0.717, 1.165) is 0 Å². The van der Waals surface area contributed by atoms with E-state index in [1.54, 1.807) is 39.7 Å². The number of nitrogens with zero attached hydrogens (tertiary/aromatic N) is 2. The molecular weight excluding hydrogens is 296 g/mol. The van der Waals surface area contributed by atoms with Gasteiger partial charge in [0.05, 0.1) is 21.3 Å².